The molecule has 6 heteroatoms. The number of hydrogen-bond acceptors (Lipinski definition) is 5. The highest BCUT2D eigenvalue weighted by atomic mass is 32.1. The lowest BCUT2D eigenvalue weighted by atomic mass is 10.1. The van der Waals surface area contributed by atoms with Crippen molar-refractivity contribution in [2.75, 3.05) is 0 Å². The van der Waals surface area contributed by atoms with E-state index >= 15 is 0 Å². The van der Waals surface area contributed by atoms with Gasteiger partial charge in [0.1, 0.15) is 5.84 Å². The monoisotopic (exact) mass is 415 g/mol. The van der Waals surface area contributed by atoms with Crippen molar-refractivity contribution in [1.29, 1.82) is 5.41 Å². The van der Waals surface area contributed by atoms with E-state index in [1.54, 1.807) is 17.5 Å². The van der Waals surface area contributed by atoms with E-state index in [1.807, 2.05) is 42.4 Å². The minimum atomic E-state index is 0.462. The smallest absolute Gasteiger partial charge is 0.126 e. The molecular weight excluding hydrogens is 390 g/mol. The number of nitrogens with zero attached hydrogens (tertiary/aromatic N) is 4. The van der Waals surface area contributed by atoms with Gasteiger partial charge in [0.05, 0.1) is 20.9 Å². The fourth-order valence-electron chi connectivity index (χ4n) is 3.48. The first-order valence-corrected chi connectivity index (χ1v) is 10.9. The van der Waals surface area contributed by atoms with E-state index in [0.29, 0.717) is 12.3 Å². The molecule has 1 aliphatic heterocycles. The van der Waals surface area contributed by atoms with Crippen LogP contribution >= 0.6 is 11.3 Å². The third-order valence-electron chi connectivity index (χ3n) is 5.22. The fraction of sp³-hybridized carbons (Fsp3) is 0.250. The molecule has 0 unspecified atom stereocenters. The predicted octanol–water partition coefficient (Wildman–Crippen LogP) is 5.87. The zero-order valence-electron chi connectivity index (χ0n) is 17.5. The Hall–Kier alpha value is -3.12. The summed E-state index contributed by atoms with van der Waals surface area (Å²) in [6, 6.07) is 10.2. The van der Waals surface area contributed by atoms with Crippen molar-refractivity contribution in [2.24, 2.45) is 5.10 Å². The van der Waals surface area contributed by atoms with E-state index in [-0.39, 0.29) is 0 Å². The molecule has 4 rings (SSSR count). The minimum Gasteiger partial charge on any atom is -0.286 e. The first kappa shape index (κ1) is 20.2. The minimum absolute atomic E-state index is 0.462. The summed E-state index contributed by atoms with van der Waals surface area (Å²) < 4.78 is 1.16. The van der Waals surface area contributed by atoms with Crippen LogP contribution in [-0.2, 0) is 6.42 Å². The number of pyridine rings is 1. The zero-order chi connectivity index (χ0) is 21.1. The molecule has 0 atom stereocenters. The van der Waals surface area contributed by atoms with Gasteiger partial charge in [-0.05, 0) is 56.2 Å². The van der Waals surface area contributed by atoms with Crippen LogP contribution in [-0.4, -0.2) is 26.5 Å². The number of amidine groups is 1. The van der Waals surface area contributed by atoms with E-state index in [1.165, 1.54) is 5.57 Å². The van der Waals surface area contributed by atoms with Gasteiger partial charge in [0, 0.05) is 36.5 Å². The number of hydrogen-bond donors (Lipinski definition) is 1. The molecule has 3 heterocycles. The van der Waals surface area contributed by atoms with Crippen molar-refractivity contribution in [2.45, 2.75) is 40.0 Å². The Morgan fingerprint density at radius 1 is 1.27 bits per heavy atom. The Morgan fingerprint density at radius 2 is 2.13 bits per heavy atom. The van der Waals surface area contributed by atoms with Crippen LogP contribution in [0.3, 0.4) is 0 Å². The van der Waals surface area contributed by atoms with Crippen molar-refractivity contribution in [3.8, 4) is 0 Å². The number of nitrogens with one attached hydrogen (secondary N) is 1. The predicted molar refractivity (Wildman–Crippen MR) is 125 cm³/mol. The molecule has 1 aliphatic rings. The molecular formula is C24H25N5S. The van der Waals surface area contributed by atoms with Crippen LogP contribution in [0.2, 0.25) is 0 Å². The second-order valence-corrected chi connectivity index (χ2v) is 8.62. The Labute approximate surface area is 181 Å². The molecule has 0 fully saturated rings. The maximum absolute atomic E-state index is 8.91. The number of hydrazone groups is 1. The number of rotatable bonds is 4. The van der Waals surface area contributed by atoms with Gasteiger partial charge in [-0.15, -0.1) is 11.3 Å². The molecule has 3 aromatic rings. The summed E-state index contributed by atoms with van der Waals surface area (Å²) in [6.07, 6.45) is 9.91. The Bertz CT molecular complexity index is 1170. The summed E-state index contributed by atoms with van der Waals surface area (Å²) in [6.45, 7) is 6.29. The summed E-state index contributed by atoms with van der Waals surface area (Å²) >= 11 is 1.69. The van der Waals surface area contributed by atoms with E-state index in [9.17, 15) is 0 Å². The maximum Gasteiger partial charge on any atom is 0.126 e. The molecule has 0 bridgehead atoms. The Balaban J connectivity index is 1.69. The van der Waals surface area contributed by atoms with E-state index in [2.05, 4.69) is 42.0 Å². The normalized spacial score (nSPS) is 15.8. The van der Waals surface area contributed by atoms with Gasteiger partial charge in [-0.25, -0.2) is 9.99 Å². The Kier molecular flexibility index (Phi) is 5.86. The molecule has 1 N–H and O–H groups in total. The molecule has 152 valence electrons. The average molecular weight is 416 g/mol. The highest BCUT2D eigenvalue weighted by molar-refractivity contribution is 7.18. The second-order valence-electron chi connectivity index (χ2n) is 7.38. The van der Waals surface area contributed by atoms with Gasteiger partial charge < -0.3 is 0 Å². The van der Waals surface area contributed by atoms with Gasteiger partial charge in [0.15, 0.2) is 0 Å². The molecule has 5 nitrogen and oxygen atoms in total. The highest BCUT2D eigenvalue weighted by Crippen LogP contribution is 2.26. The van der Waals surface area contributed by atoms with Crippen LogP contribution in [0, 0.1) is 12.3 Å². The van der Waals surface area contributed by atoms with Gasteiger partial charge in [-0.2, -0.15) is 5.10 Å². The third kappa shape index (κ3) is 4.24. The van der Waals surface area contributed by atoms with Crippen molar-refractivity contribution in [1.82, 2.24) is 15.0 Å². The Morgan fingerprint density at radius 3 is 2.90 bits per heavy atom. The number of allylic oxidation sites excluding steroid dienone is 3. The van der Waals surface area contributed by atoms with Gasteiger partial charge in [0.25, 0.3) is 0 Å². The molecule has 30 heavy (non-hydrogen) atoms. The van der Waals surface area contributed by atoms with Crippen molar-refractivity contribution >= 4 is 33.1 Å². The molecule has 0 radical (unpaired) electrons. The van der Waals surface area contributed by atoms with Gasteiger partial charge >= 0.3 is 0 Å². The van der Waals surface area contributed by atoms with Crippen LogP contribution in [0.15, 0.2) is 71.2 Å². The summed E-state index contributed by atoms with van der Waals surface area (Å²) in [5, 5.41) is 16.7. The van der Waals surface area contributed by atoms with E-state index < -0.39 is 0 Å². The van der Waals surface area contributed by atoms with Crippen LogP contribution in [0.1, 0.15) is 42.8 Å². The van der Waals surface area contributed by atoms with Gasteiger partial charge in [-0.1, -0.05) is 24.6 Å². The molecule has 0 saturated carbocycles. The summed E-state index contributed by atoms with van der Waals surface area (Å²) in [4.78, 5) is 8.76. The quantitative estimate of drug-likeness (QED) is 0.428. The largest absolute Gasteiger partial charge is 0.286 e. The lowest BCUT2D eigenvalue weighted by Gasteiger charge is -2.24. The number of aromatic nitrogens is 2. The molecule has 0 aliphatic carbocycles. The number of thiazole rings is 1. The van der Waals surface area contributed by atoms with Gasteiger partial charge in [0.2, 0.25) is 0 Å². The lowest BCUT2D eigenvalue weighted by Crippen LogP contribution is -2.28. The first-order chi connectivity index (χ1) is 14.5. The first-order valence-electron chi connectivity index (χ1n) is 10.1. The summed E-state index contributed by atoms with van der Waals surface area (Å²) in [5.74, 6) is 0.462. The van der Waals surface area contributed by atoms with Crippen molar-refractivity contribution < 1.29 is 0 Å². The third-order valence-corrected chi connectivity index (χ3v) is 6.15. The topological polar surface area (TPSA) is 65.2 Å². The molecule has 2 aromatic heterocycles. The number of fused-ring (bicyclic) bond motifs is 1. The van der Waals surface area contributed by atoms with E-state index in [4.69, 9.17) is 10.5 Å². The maximum atomic E-state index is 8.91. The standard InChI is InChI=1S/C24H25N5S/c1-4-16(2)22-9-5-8-20(19-7-6-12-26-15-19)28-29(22)24(25)14-18-10-11-21-23(13-18)30-17(3)27-21/h5-8,10-13,15,25H,4,9,14H2,1-3H3/b22-16+,25-24?. The fourth-order valence-corrected chi connectivity index (χ4v) is 4.37. The SMILES string of the molecule is CC/C(C)=C1\CC=CC(c2cccnc2)=NN1C(=N)Cc1ccc2nc(C)sc2c1. The average Bonchev–Trinajstić information content (AvgIpc) is 2.98. The molecule has 1 aromatic carbocycles. The van der Waals surface area contributed by atoms with E-state index in [0.717, 1.165) is 50.6 Å². The summed E-state index contributed by atoms with van der Waals surface area (Å²) in [5.41, 5.74) is 6.20. The van der Waals surface area contributed by atoms with Crippen molar-refractivity contribution in [3.63, 3.8) is 0 Å². The molecule has 0 amide bonds. The molecule has 0 spiro atoms. The molecule has 0 saturated heterocycles. The lowest BCUT2D eigenvalue weighted by molar-refractivity contribution is 0.518. The van der Waals surface area contributed by atoms with Crippen LogP contribution in [0.4, 0.5) is 0 Å². The zero-order valence-corrected chi connectivity index (χ0v) is 18.3. The highest BCUT2D eigenvalue weighted by Gasteiger charge is 2.20. The van der Waals surface area contributed by atoms with Crippen LogP contribution in [0.5, 0.6) is 0 Å². The van der Waals surface area contributed by atoms with Crippen molar-refractivity contribution in [3.05, 3.63) is 82.3 Å². The van der Waals surface area contributed by atoms with Crippen LogP contribution in [0.25, 0.3) is 10.2 Å². The van der Waals surface area contributed by atoms with Gasteiger partial charge in [-0.3, -0.25) is 10.4 Å². The number of aryl methyl sites for hydroxylation is 1. The van der Waals surface area contributed by atoms with Crippen LogP contribution < -0.4 is 0 Å². The number of benzene rings is 1. The second kappa shape index (κ2) is 8.71. The summed E-state index contributed by atoms with van der Waals surface area (Å²) in [7, 11) is 0.